The van der Waals surface area contributed by atoms with Crippen LogP contribution in [0.5, 0.6) is 0 Å². The number of para-hydroxylation sites is 1. The summed E-state index contributed by atoms with van der Waals surface area (Å²) in [5.41, 5.74) is 2.39. The summed E-state index contributed by atoms with van der Waals surface area (Å²) < 4.78 is 0. The SMILES string of the molecule is CSC(=O)NCCc1c[nH]c2ccccc12. The van der Waals surface area contributed by atoms with Crippen LogP contribution in [0.3, 0.4) is 0 Å². The second-order valence-electron chi connectivity index (χ2n) is 3.53. The third-order valence-electron chi connectivity index (χ3n) is 2.52. The van der Waals surface area contributed by atoms with Gasteiger partial charge in [-0.15, -0.1) is 0 Å². The summed E-state index contributed by atoms with van der Waals surface area (Å²) in [6, 6.07) is 8.19. The Morgan fingerprint density at radius 3 is 3.06 bits per heavy atom. The molecule has 0 aliphatic heterocycles. The molecule has 2 N–H and O–H groups in total. The maximum Gasteiger partial charge on any atom is 0.278 e. The van der Waals surface area contributed by atoms with Crippen molar-refractivity contribution < 1.29 is 4.79 Å². The summed E-state index contributed by atoms with van der Waals surface area (Å²) in [6.07, 6.45) is 4.65. The van der Waals surface area contributed by atoms with Crippen LogP contribution in [0.1, 0.15) is 5.56 Å². The minimum Gasteiger partial charge on any atom is -0.361 e. The van der Waals surface area contributed by atoms with E-state index in [1.165, 1.54) is 22.7 Å². The van der Waals surface area contributed by atoms with Crippen molar-refractivity contribution in [2.45, 2.75) is 6.42 Å². The largest absolute Gasteiger partial charge is 0.361 e. The number of H-pyrrole nitrogens is 1. The van der Waals surface area contributed by atoms with Gasteiger partial charge in [0.05, 0.1) is 0 Å². The predicted molar refractivity (Wildman–Crippen MR) is 68.9 cm³/mol. The highest BCUT2D eigenvalue weighted by Gasteiger charge is 2.03. The zero-order valence-corrected chi connectivity index (χ0v) is 9.93. The van der Waals surface area contributed by atoms with E-state index in [1.54, 1.807) is 6.26 Å². The van der Waals surface area contributed by atoms with Gasteiger partial charge in [0.25, 0.3) is 5.24 Å². The van der Waals surface area contributed by atoms with E-state index in [4.69, 9.17) is 0 Å². The minimum atomic E-state index is 0.0276. The Morgan fingerprint density at radius 2 is 2.25 bits per heavy atom. The summed E-state index contributed by atoms with van der Waals surface area (Å²) in [5, 5.41) is 4.11. The molecule has 1 heterocycles. The Morgan fingerprint density at radius 1 is 1.44 bits per heavy atom. The molecule has 2 aromatic rings. The Kier molecular flexibility index (Phi) is 3.51. The van der Waals surface area contributed by atoms with Crippen LogP contribution in [0.15, 0.2) is 30.5 Å². The molecule has 0 unspecified atom stereocenters. The highest BCUT2D eigenvalue weighted by Crippen LogP contribution is 2.17. The third-order valence-corrected chi connectivity index (χ3v) is 3.04. The van der Waals surface area contributed by atoms with Crippen LogP contribution in [0.25, 0.3) is 10.9 Å². The number of amides is 1. The fraction of sp³-hybridized carbons (Fsp3) is 0.250. The van der Waals surface area contributed by atoms with Crippen LogP contribution in [0, 0.1) is 0 Å². The number of aromatic nitrogens is 1. The van der Waals surface area contributed by atoms with E-state index in [2.05, 4.69) is 22.4 Å². The lowest BCUT2D eigenvalue weighted by Crippen LogP contribution is -2.20. The Bertz CT molecular complexity index is 492. The molecule has 0 bridgehead atoms. The van der Waals surface area contributed by atoms with Crippen molar-refractivity contribution in [3.05, 3.63) is 36.0 Å². The number of hydrogen-bond acceptors (Lipinski definition) is 2. The van der Waals surface area contributed by atoms with Crippen molar-refractivity contribution >= 4 is 27.9 Å². The van der Waals surface area contributed by atoms with Gasteiger partial charge in [-0.3, -0.25) is 4.79 Å². The monoisotopic (exact) mass is 234 g/mol. The lowest BCUT2D eigenvalue weighted by molar-refractivity contribution is 0.261. The molecule has 0 spiro atoms. The Labute approximate surface area is 98.6 Å². The summed E-state index contributed by atoms with van der Waals surface area (Å²) in [4.78, 5) is 14.3. The molecule has 4 heteroatoms. The molecule has 0 atom stereocenters. The Balaban J connectivity index is 2.02. The van der Waals surface area contributed by atoms with Gasteiger partial charge in [0.1, 0.15) is 0 Å². The number of benzene rings is 1. The fourth-order valence-electron chi connectivity index (χ4n) is 1.71. The summed E-state index contributed by atoms with van der Waals surface area (Å²) in [6.45, 7) is 0.682. The van der Waals surface area contributed by atoms with Gasteiger partial charge in [-0.1, -0.05) is 30.0 Å². The first-order chi connectivity index (χ1) is 7.81. The number of aromatic amines is 1. The van der Waals surface area contributed by atoms with Crippen molar-refractivity contribution in [2.24, 2.45) is 0 Å². The first-order valence-electron chi connectivity index (χ1n) is 5.18. The molecule has 1 amide bonds. The van der Waals surface area contributed by atoms with Gasteiger partial charge < -0.3 is 10.3 Å². The van der Waals surface area contributed by atoms with E-state index >= 15 is 0 Å². The van der Waals surface area contributed by atoms with Crippen molar-refractivity contribution in [2.75, 3.05) is 12.8 Å². The number of hydrogen-bond donors (Lipinski definition) is 2. The average Bonchev–Trinajstić information content (AvgIpc) is 2.73. The summed E-state index contributed by atoms with van der Waals surface area (Å²) in [7, 11) is 0. The molecule has 2 rings (SSSR count). The number of nitrogens with one attached hydrogen (secondary N) is 2. The standard InChI is InChI=1S/C12H14N2OS/c1-16-12(15)13-7-6-9-8-14-11-5-3-2-4-10(9)11/h2-5,8,14H,6-7H2,1H3,(H,13,15). The molecule has 0 aliphatic carbocycles. The zero-order valence-electron chi connectivity index (χ0n) is 9.12. The van der Waals surface area contributed by atoms with E-state index in [1.807, 2.05) is 18.3 Å². The third kappa shape index (κ3) is 2.39. The fourth-order valence-corrected chi connectivity index (χ4v) is 1.96. The summed E-state index contributed by atoms with van der Waals surface area (Å²) >= 11 is 1.21. The van der Waals surface area contributed by atoms with Crippen molar-refractivity contribution in [1.29, 1.82) is 0 Å². The van der Waals surface area contributed by atoms with E-state index in [-0.39, 0.29) is 5.24 Å². The molecule has 0 fully saturated rings. The van der Waals surface area contributed by atoms with Crippen LogP contribution < -0.4 is 5.32 Å². The van der Waals surface area contributed by atoms with E-state index in [9.17, 15) is 4.79 Å². The van der Waals surface area contributed by atoms with Gasteiger partial charge >= 0.3 is 0 Å². The second-order valence-corrected chi connectivity index (χ2v) is 4.31. The molecule has 84 valence electrons. The van der Waals surface area contributed by atoms with Gasteiger partial charge in [-0.25, -0.2) is 0 Å². The number of thioether (sulfide) groups is 1. The molecule has 16 heavy (non-hydrogen) atoms. The van der Waals surface area contributed by atoms with Crippen LogP contribution >= 0.6 is 11.8 Å². The number of rotatable bonds is 3. The minimum absolute atomic E-state index is 0.0276. The van der Waals surface area contributed by atoms with Crippen molar-refractivity contribution in [1.82, 2.24) is 10.3 Å². The maximum atomic E-state index is 11.0. The lowest BCUT2D eigenvalue weighted by atomic mass is 10.1. The van der Waals surface area contributed by atoms with Gasteiger partial charge in [-0.05, 0) is 24.3 Å². The van der Waals surface area contributed by atoms with Gasteiger partial charge in [0.15, 0.2) is 0 Å². The lowest BCUT2D eigenvalue weighted by Gasteiger charge is -2.01. The van der Waals surface area contributed by atoms with Crippen LogP contribution in [0.4, 0.5) is 4.79 Å². The van der Waals surface area contributed by atoms with E-state index < -0.39 is 0 Å². The van der Waals surface area contributed by atoms with Crippen LogP contribution in [0.2, 0.25) is 0 Å². The predicted octanol–water partition coefficient (Wildman–Crippen LogP) is 2.78. The van der Waals surface area contributed by atoms with Gasteiger partial charge in [-0.2, -0.15) is 0 Å². The van der Waals surface area contributed by atoms with Crippen LogP contribution in [-0.4, -0.2) is 23.0 Å². The smallest absolute Gasteiger partial charge is 0.278 e. The quantitative estimate of drug-likeness (QED) is 0.857. The topological polar surface area (TPSA) is 44.9 Å². The highest BCUT2D eigenvalue weighted by molar-refractivity contribution is 8.12. The molecule has 0 saturated carbocycles. The maximum absolute atomic E-state index is 11.0. The van der Waals surface area contributed by atoms with Crippen LogP contribution in [-0.2, 0) is 6.42 Å². The second kappa shape index (κ2) is 5.07. The van der Waals surface area contributed by atoms with Gasteiger partial charge in [0, 0.05) is 23.6 Å². The van der Waals surface area contributed by atoms with Crippen molar-refractivity contribution in [3.8, 4) is 0 Å². The molecule has 0 aliphatic rings. The van der Waals surface area contributed by atoms with Crippen molar-refractivity contribution in [3.63, 3.8) is 0 Å². The molecule has 3 nitrogen and oxygen atoms in total. The molecule has 1 aromatic heterocycles. The summed E-state index contributed by atoms with van der Waals surface area (Å²) in [5.74, 6) is 0. The number of carbonyl (C=O) groups excluding carboxylic acids is 1. The van der Waals surface area contributed by atoms with Gasteiger partial charge in [0.2, 0.25) is 0 Å². The molecule has 0 radical (unpaired) electrons. The molecule has 0 saturated heterocycles. The van der Waals surface area contributed by atoms with E-state index in [0.29, 0.717) is 6.54 Å². The first kappa shape index (κ1) is 11.1. The first-order valence-corrected chi connectivity index (χ1v) is 6.40. The molecular formula is C12H14N2OS. The Hall–Kier alpha value is -1.42. The highest BCUT2D eigenvalue weighted by atomic mass is 32.2. The number of carbonyl (C=O) groups is 1. The normalized spacial score (nSPS) is 10.6. The molecule has 1 aromatic carbocycles. The van der Waals surface area contributed by atoms with E-state index in [0.717, 1.165) is 11.9 Å². The molecular weight excluding hydrogens is 220 g/mol. The number of fused-ring (bicyclic) bond motifs is 1. The zero-order chi connectivity index (χ0) is 11.4. The average molecular weight is 234 g/mol.